The quantitative estimate of drug-likeness (QED) is 0.721. The molecule has 0 aromatic heterocycles. The molecule has 0 fully saturated rings. The van der Waals surface area contributed by atoms with Crippen molar-refractivity contribution >= 4 is 17.7 Å². The van der Waals surface area contributed by atoms with E-state index in [0.29, 0.717) is 12.0 Å². The average Bonchev–Trinajstić information content (AvgIpc) is 2.47. The van der Waals surface area contributed by atoms with Crippen LogP contribution in [0.15, 0.2) is 34.3 Å². The third-order valence-corrected chi connectivity index (χ3v) is 3.98. The van der Waals surface area contributed by atoms with Crippen LogP contribution >= 0.6 is 11.8 Å². The first-order chi connectivity index (χ1) is 8.16. The summed E-state index contributed by atoms with van der Waals surface area (Å²) in [6, 6.07) is 0. The van der Waals surface area contributed by atoms with Crippen LogP contribution in [-0.2, 0) is 4.79 Å². The number of unbranched alkanes of at least 4 members (excludes halogenated alkanes) is 2. The van der Waals surface area contributed by atoms with Gasteiger partial charge in [0.25, 0.3) is 0 Å². The molecule has 0 spiro atoms. The van der Waals surface area contributed by atoms with Crippen LogP contribution < -0.4 is 0 Å². The number of carboxylic acids is 1. The van der Waals surface area contributed by atoms with Gasteiger partial charge in [0.15, 0.2) is 0 Å². The lowest BCUT2D eigenvalue weighted by molar-refractivity contribution is -0.132. The van der Waals surface area contributed by atoms with Gasteiger partial charge in [0.05, 0.1) is 5.57 Å². The smallest absolute Gasteiger partial charge is 0.335 e. The number of hydrogen-bond donors (Lipinski definition) is 1. The van der Waals surface area contributed by atoms with Crippen LogP contribution in [0.25, 0.3) is 0 Å². The van der Waals surface area contributed by atoms with Crippen molar-refractivity contribution in [3.63, 3.8) is 0 Å². The average molecular weight is 252 g/mol. The minimum Gasteiger partial charge on any atom is -0.478 e. The summed E-state index contributed by atoms with van der Waals surface area (Å²) in [7, 11) is 0. The summed E-state index contributed by atoms with van der Waals surface area (Å²) < 4.78 is 0. The molecule has 0 radical (unpaired) electrons. The molecule has 1 aliphatic rings. The Kier molecular flexibility index (Phi) is 6.12. The number of hydrogen-bond acceptors (Lipinski definition) is 2. The van der Waals surface area contributed by atoms with Crippen LogP contribution in [0.1, 0.15) is 39.5 Å². The Morgan fingerprint density at radius 2 is 2.24 bits per heavy atom. The van der Waals surface area contributed by atoms with Gasteiger partial charge in [0, 0.05) is 4.91 Å². The normalized spacial score (nSPS) is 15.8. The van der Waals surface area contributed by atoms with Gasteiger partial charge in [-0.05, 0) is 31.1 Å². The van der Waals surface area contributed by atoms with Crippen LogP contribution in [-0.4, -0.2) is 16.8 Å². The van der Waals surface area contributed by atoms with Crippen molar-refractivity contribution in [3.8, 4) is 0 Å². The number of thioether (sulfide) groups is 1. The maximum absolute atomic E-state index is 11.1. The van der Waals surface area contributed by atoms with Crippen LogP contribution in [0.3, 0.4) is 0 Å². The van der Waals surface area contributed by atoms with Gasteiger partial charge >= 0.3 is 5.97 Å². The van der Waals surface area contributed by atoms with Gasteiger partial charge in [-0.2, -0.15) is 0 Å². The highest BCUT2D eigenvalue weighted by Crippen LogP contribution is 2.29. The summed E-state index contributed by atoms with van der Waals surface area (Å²) in [4.78, 5) is 12.2. The Labute approximate surface area is 107 Å². The van der Waals surface area contributed by atoms with E-state index in [0.717, 1.165) is 16.2 Å². The maximum Gasteiger partial charge on any atom is 0.335 e. The second kappa shape index (κ2) is 7.38. The van der Waals surface area contributed by atoms with Gasteiger partial charge in [0.2, 0.25) is 0 Å². The molecule has 0 aromatic carbocycles. The molecular formula is C14H20O2S. The zero-order valence-electron chi connectivity index (χ0n) is 10.5. The van der Waals surface area contributed by atoms with Crippen molar-refractivity contribution in [2.45, 2.75) is 39.5 Å². The summed E-state index contributed by atoms with van der Waals surface area (Å²) in [5, 5.41) is 9.12. The molecule has 1 rings (SSSR count). The second-order valence-electron chi connectivity index (χ2n) is 4.11. The van der Waals surface area contributed by atoms with Gasteiger partial charge in [-0.15, -0.1) is 11.8 Å². The fraction of sp³-hybridized carbons (Fsp3) is 0.500. The van der Waals surface area contributed by atoms with Crippen molar-refractivity contribution in [1.29, 1.82) is 0 Å². The number of rotatable bonds is 6. The van der Waals surface area contributed by atoms with Crippen molar-refractivity contribution in [2.24, 2.45) is 0 Å². The van der Waals surface area contributed by atoms with Gasteiger partial charge in [0.1, 0.15) is 0 Å². The summed E-state index contributed by atoms with van der Waals surface area (Å²) in [5.41, 5.74) is 1.35. The van der Waals surface area contributed by atoms with E-state index in [-0.39, 0.29) is 0 Å². The number of carbonyl (C=O) groups is 1. The highest BCUT2D eigenvalue weighted by Gasteiger charge is 2.14. The van der Waals surface area contributed by atoms with Crippen molar-refractivity contribution in [2.75, 3.05) is 5.75 Å². The molecule has 0 unspecified atom stereocenters. The molecule has 94 valence electrons. The molecule has 0 saturated carbocycles. The van der Waals surface area contributed by atoms with Crippen molar-refractivity contribution in [1.82, 2.24) is 0 Å². The monoisotopic (exact) mass is 252 g/mol. The van der Waals surface area contributed by atoms with E-state index in [2.05, 4.69) is 13.0 Å². The van der Waals surface area contributed by atoms with E-state index in [1.165, 1.54) is 19.3 Å². The molecule has 1 N–H and O–H groups in total. The minimum absolute atomic E-state index is 0.452. The first-order valence-electron chi connectivity index (χ1n) is 6.10. The zero-order valence-corrected chi connectivity index (χ0v) is 11.3. The molecule has 0 aromatic rings. The van der Waals surface area contributed by atoms with Crippen LogP contribution in [0, 0.1) is 0 Å². The highest BCUT2D eigenvalue weighted by molar-refractivity contribution is 8.03. The molecular weight excluding hydrogens is 232 g/mol. The maximum atomic E-state index is 11.1. The van der Waals surface area contributed by atoms with Gasteiger partial charge < -0.3 is 5.11 Å². The lowest BCUT2D eigenvalue weighted by Crippen LogP contribution is -2.02. The number of aliphatic carboxylic acids is 1. The fourth-order valence-electron chi connectivity index (χ4n) is 1.71. The van der Waals surface area contributed by atoms with Crippen LogP contribution in [0.4, 0.5) is 0 Å². The van der Waals surface area contributed by atoms with E-state index in [1.54, 1.807) is 17.8 Å². The molecule has 2 nitrogen and oxygen atoms in total. The predicted molar refractivity (Wildman–Crippen MR) is 74.2 cm³/mol. The predicted octanol–water partition coefficient (Wildman–Crippen LogP) is 4.15. The molecule has 0 heterocycles. The van der Waals surface area contributed by atoms with Gasteiger partial charge in [-0.25, -0.2) is 4.79 Å². The van der Waals surface area contributed by atoms with E-state index >= 15 is 0 Å². The van der Waals surface area contributed by atoms with Gasteiger partial charge in [-0.1, -0.05) is 38.0 Å². The summed E-state index contributed by atoms with van der Waals surface area (Å²) >= 11 is 1.77. The topological polar surface area (TPSA) is 37.3 Å². The molecule has 0 aliphatic heterocycles. The Morgan fingerprint density at radius 3 is 2.88 bits per heavy atom. The number of carboxylic acid groups (broad SMARTS) is 1. The van der Waals surface area contributed by atoms with E-state index in [9.17, 15) is 4.79 Å². The first kappa shape index (κ1) is 14.1. The lowest BCUT2D eigenvalue weighted by Gasteiger charge is -2.07. The third kappa shape index (κ3) is 4.43. The molecule has 0 bridgehead atoms. The Bertz CT molecular complexity index is 364. The Balaban J connectivity index is 2.69. The summed E-state index contributed by atoms with van der Waals surface area (Å²) in [5.74, 6) is 0.246. The standard InChI is InChI=1S/C14H20O2S/c1-3-4-7-10-17-13-9-6-5-8-12(11(13)2)14(15)16/h6,8-9H,3-5,7,10H2,1-2H3,(H,15,16). The molecule has 0 amide bonds. The number of allylic oxidation sites excluding steroid dienone is 3. The second-order valence-corrected chi connectivity index (χ2v) is 5.24. The van der Waals surface area contributed by atoms with Crippen molar-refractivity contribution in [3.05, 3.63) is 34.3 Å². The molecule has 0 saturated heterocycles. The van der Waals surface area contributed by atoms with Crippen LogP contribution in [0.2, 0.25) is 0 Å². The minimum atomic E-state index is -0.821. The highest BCUT2D eigenvalue weighted by atomic mass is 32.2. The molecule has 1 aliphatic carbocycles. The molecule has 0 atom stereocenters. The van der Waals surface area contributed by atoms with E-state index in [4.69, 9.17) is 5.11 Å². The van der Waals surface area contributed by atoms with E-state index in [1.807, 2.05) is 13.0 Å². The third-order valence-electron chi connectivity index (χ3n) is 2.74. The summed E-state index contributed by atoms with van der Waals surface area (Å²) in [6.07, 6.45) is 10.2. The SMILES string of the molecule is CCCCCSC1=C(C)C(C(=O)O)=CCC=C1. The van der Waals surface area contributed by atoms with Gasteiger partial charge in [-0.3, -0.25) is 0 Å². The van der Waals surface area contributed by atoms with Crippen molar-refractivity contribution < 1.29 is 9.90 Å². The fourth-order valence-corrected chi connectivity index (χ4v) is 2.80. The van der Waals surface area contributed by atoms with E-state index < -0.39 is 5.97 Å². The molecule has 3 heteroatoms. The molecule has 17 heavy (non-hydrogen) atoms. The first-order valence-corrected chi connectivity index (χ1v) is 7.09. The Hall–Kier alpha value is -0.960. The summed E-state index contributed by atoms with van der Waals surface area (Å²) in [6.45, 7) is 4.09. The Morgan fingerprint density at radius 1 is 1.47 bits per heavy atom. The largest absolute Gasteiger partial charge is 0.478 e. The lowest BCUT2D eigenvalue weighted by atomic mass is 10.1. The zero-order chi connectivity index (χ0) is 12.7. The van der Waals surface area contributed by atoms with Crippen LogP contribution in [0.5, 0.6) is 0 Å².